The lowest BCUT2D eigenvalue weighted by Gasteiger charge is -2.20. The van der Waals surface area contributed by atoms with Gasteiger partial charge in [-0.05, 0) is 30.5 Å². The lowest BCUT2D eigenvalue weighted by atomic mass is 10.1. The van der Waals surface area contributed by atoms with Gasteiger partial charge in [0.2, 0.25) is 0 Å². The summed E-state index contributed by atoms with van der Waals surface area (Å²) >= 11 is 0. The topological polar surface area (TPSA) is 36.6 Å². The van der Waals surface area contributed by atoms with Crippen molar-refractivity contribution in [2.24, 2.45) is 0 Å². The van der Waals surface area contributed by atoms with E-state index in [4.69, 9.17) is 9.52 Å². The maximum atomic E-state index is 9.16. The predicted octanol–water partition coefficient (Wildman–Crippen LogP) is 2.63. The SMILES string of the molecule is Cc1ccoc1CN(CCO)CCc1ccccc1. The Bertz CT molecular complexity index is 479. The molecule has 1 heterocycles. The maximum Gasteiger partial charge on any atom is 0.120 e. The van der Waals surface area contributed by atoms with E-state index in [1.807, 2.05) is 19.1 Å². The van der Waals surface area contributed by atoms with Crippen LogP contribution in [0.5, 0.6) is 0 Å². The molecule has 102 valence electrons. The van der Waals surface area contributed by atoms with Crippen molar-refractivity contribution in [2.75, 3.05) is 19.7 Å². The summed E-state index contributed by atoms with van der Waals surface area (Å²) in [6.07, 6.45) is 2.71. The minimum absolute atomic E-state index is 0.175. The van der Waals surface area contributed by atoms with Crippen molar-refractivity contribution < 1.29 is 9.52 Å². The molecule has 19 heavy (non-hydrogen) atoms. The molecule has 2 rings (SSSR count). The van der Waals surface area contributed by atoms with Crippen LogP contribution in [0.15, 0.2) is 47.1 Å². The fourth-order valence-electron chi connectivity index (χ4n) is 2.11. The first kappa shape index (κ1) is 13.8. The van der Waals surface area contributed by atoms with E-state index in [1.54, 1.807) is 6.26 Å². The second-order valence-electron chi connectivity index (χ2n) is 4.76. The number of nitrogens with zero attached hydrogens (tertiary/aromatic N) is 1. The first-order valence-corrected chi connectivity index (χ1v) is 6.69. The van der Waals surface area contributed by atoms with Crippen LogP contribution in [0.2, 0.25) is 0 Å². The van der Waals surface area contributed by atoms with E-state index in [0.29, 0.717) is 6.54 Å². The van der Waals surface area contributed by atoms with Crippen molar-refractivity contribution in [3.05, 3.63) is 59.5 Å². The molecular weight excluding hydrogens is 238 g/mol. The standard InChI is InChI=1S/C16H21NO2/c1-14-8-12-19-16(14)13-17(10-11-18)9-7-15-5-3-2-4-6-15/h2-6,8,12,18H,7,9-11,13H2,1H3. The van der Waals surface area contributed by atoms with E-state index in [9.17, 15) is 0 Å². The molecule has 1 N–H and O–H groups in total. The smallest absolute Gasteiger partial charge is 0.120 e. The molecule has 0 aliphatic carbocycles. The second kappa shape index (κ2) is 7.12. The van der Waals surface area contributed by atoms with Gasteiger partial charge >= 0.3 is 0 Å². The lowest BCUT2D eigenvalue weighted by Crippen LogP contribution is -2.28. The number of aryl methyl sites for hydroxylation is 1. The molecule has 0 bridgehead atoms. The Labute approximate surface area is 114 Å². The van der Waals surface area contributed by atoms with Gasteiger partial charge in [0.1, 0.15) is 5.76 Å². The van der Waals surface area contributed by atoms with Crippen LogP contribution in [0, 0.1) is 6.92 Å². The third-order valence-electron chi connectivity index (χ3n) is 3.31. The van der Waals surface area contributed by atoms with Crippen LogP contribution >= 0.6 is 0 Å². The highest BCUT2D eigenvalue weighted by atomic mass is 16.3. The van der Waals surface area contributed by atoms with E-state index in [-0.39, 0.29) is 6.61 Å². The van der Waals surface area contributed by atoms with E-state index >= 15 is 0 Å². The molecule has 0 amide bonds. The number of furan rings is 1. The van der Waals surface area contributed by atoms with E-state index in [1.165, 1.54) is 11.1 Å². The highest BCUT2D eigenvalue weighted by Crippen LogP contribution is 2.12. The van der Waals surface area contributed by atoms with Gasteiger partial charge in [0.25, 0.3) is 0 Å². The Balaban J connectivity index is 1.91. The molecule has 3 nitrogen and oxygen atoms in total. The van der Waals surface area contributed by atoms with Gasteiger partial charge in [0.15, 0.2) is 0 Å². The summed E-state index contributed by atoms with van der Waals surface area (Å²) in [6, 6.07) is 12.4. The minimum atomic E-state index is 0.175. The van der Waals surface area contributed by atoms with Crippen LogP contribution in [0.25, 0.3) is 0 Å². The minimum Gasteiger partial charge on any atom is -0.468 e. The first-order chi connectivity index (χ1) is 9.29. The van der Waals surface area contributed by atoms with E-state index in [0.717, 1.165) is 25.3 Å². The van der Waals surface area contributed by atoms with Gasteiger partial charge in [-0.2, -0.15) is 0 Å². The van der Waals surface area contributed by atoms with Crippen LogP contribution in [0.4, 0.5) is 0 Å². The summed E-state index contributed by atoms with van der Waals surface area (Å²) in [5.41, 5.74) is 2.49. The van der Waals surface area contributed by atoms with Crippen molar-refractivity contribution in [3.8, 4) is 0 Å². The number of rotatable bonds is 7. The Morgan fingerprint density at radius 2 is 1.89 bits per heavy atom. The van der Waals surface area contributed by atoms with Gasteiger partial charge in [-0.1, -0.05) is 30.3 Å². The zero-order valence-electron chi connectivity index (χ0n) is 11.4. The third-order valence-corrected chi connectivity index (χ3v) is 3.31. The highest BCUT2D eigenvalue weighted by molar-refractivity contribution is 5.16. The molecule has 3 heteroatoms. The predicted molar refractivity (Wildman–Crippen MR) is 76.0 cm³/mol. The molecule has 0 unspecified atom stereocenters. The molecule has 0 spiro atoms. The van der Waals surface area contributed by atoms with Crippen LogP contribution < -0.4 is 0 Å². The number of benzene rings is 1. The van der Waals surface area contributed by atoms with Crippen LogP contribution in [-0.4, -0.2) is 29.7 Å². The molecule has 0 radical (unpaired) electrons. The van der Waals surface area contributed by atoms with Crippen LogP contribution in [-0.2, 0) is 13.0 Å². The van der Waals surface area contributed by atoms with Crippen molar-refractivity contribution in [1.29, 1.82) is 0 Å². The number of aliphatic hydroxyl groups excluding tert-OH is 1. The molecule has 0 fully saturated rings. The van der Waals surface area contributed by atoms with Gasteiger partial charge in [-0.3, -0.25) is 4.90 Å². The van der Waals surface area contributed by atoms with Gasteiger partial charge in [-0.15, -0.1) is 0 Å². The first-order valence-electron chi connectivity index (χ1n) is 6.69. The van der Waals surface area contributed by atoms with Crippen LogP contribution in [0.3, 0.4) is 0 Å². The van der Waals surface area contributed by atoms with E-state index in [2.05, 4.69) is 29.2 Å². The van der Waals surface area contributed by atoms with Gasteiger partial charge in [0, 0.05) is 13.1 Å². The fraction of sp³-hybridized carbons (Fsp3) is 0.375. The molecule has 0 aliphatic heterocycles. The largest absolute Gasteiger partial charge is 0.468 e. The molecule has 0 saturated heterocycles. The fourth-order valence-corrected chi connectivity index (χ4v) is 2.11. The van der Waals surface area contributed by atoms with Crippen LogP contribution in [0.1, 0.15) is 16.9 Å². The van der Waals surface area contributed by atoms with Gasteiger partial charge < -0.3 is 9.52 Å². The summed E-state index contributed by atoms with van der Waals surface area (Å²) in [5.74, 6) is 0.988. The van der Waals surface area contributed by atoms with E-state index < -0.39 is 0 Å². The van der Waals surface area contributed by atoms with Gasteiger partial charge in [0.05, 0.1) is 19.4 Å². The van der Waals surface area contributed by atoms with Crippen molar-refractivity contribution in [2.45, 2.75) is 19.9 Å². The summed E-state index contributed by atoms with van der Waals surface area (Å²) in [6.45, 7) is 4.58. The summed E-state index contributed by atoms with van der Waals surface area (Å²) in [4.78, 5) is 2.22. The summed E-state index contributed by atoms with van der Waals surface area (Å²) < 4.78 is 5.47. The zero-order valence-corrected chi connectivity index (χ0v) is 11.4. The second-order valence-corrected chi connectivity index (χ2v) is 4.76. The normalized spacial score (nSPS) is 11.1. The monoisotopic (exact) mass is 259 g/mol. The Morgan fingerprint density at radius 1 is 1.11 bits per heavy atom. The highest BCUT2D eigenvalue weighted by Gasteiger charge is 2.09. The van der Waals surface area contributed by atoms with Crippen molar-refractivity contribution in [3.63, 3.8) is 0 Å². The summed E-state index contributed by atoms with van der Waals surface area (Å²) in [5, 5.41) is 9.16. The number of hydrogen-bond acceptors (Lipinski definition) is 3. The molecular formula is C16H21NO2. The number of hydrogen-bond donors (Lipinski definition) is 1. The van der Waals surface area contributed by atoms with Crippen molar-refractivity contribution in [1.82, 2.24) is 4.90 Å². The average molecular weight is 259 g/mol. The quantitative estimate of drug-likeness (QED) is 0.830. The molecule has 0 saturated carbocycles. The number of aliphatic hydroxyl groups is 1. The average Bonchev–Trinajstić information content (AvgIpc) is 2.83. The lowest BCUT2D eigenvalue weighted by molar-refractivity contribution is 0.182. The Morgan fingerprint density at radius 3 is 2.53 bits per heavy atom. The Kier molecular flexibility index (Phi) is 5.19. The molecule has 0 aliphatic rings. The molecule has 1 aromatic heterocycles. The molecule has 2 aromatic rings. The molecule has 0 atom stereocenters. The Hall–Kier alpha value is -1.58. The zero-order chi connectivity index (χ0) is 13.5. The summed E-state index contributed by atoms with van der Waals surface area (Å²) in [7, 11) is 0. The third kappa shape index (κ3) is 4.23. The van der Waals surface area contributed by atoms with Gasteiger partial charge in [-0.25, -0.2) is 0 Å². The molecule has 1 aromatic carbocycles. The maximum absolute atomic E-state index is 9.16. The van der Waals surface area contributed by atoms with Crippen molar-refractivity contribution >= 4 is 0 Å².